The molecule has 1 atom stereocenters. The largest absolute Gasteiger partial charge is 0.270 e. The van der Waals surface area contributed by atoms with Crippen LogP contribution in [0.2, 0.25) is 0 Å². The van der Waals surface area contributed by atoms with Gasteiger partial charge in [-0.3, -0.25) is 5.84 Å². The third-order valence-corrected chi connectivity index (χ3v) is 1.44. The van der Waals surface area contributed by atoms with Crippen molar-refractivity contribution in [3.05, 3.63) is 0 Å². The summed E-state index contributed by atoms with van der Waals surface area (Å²) >= 11 is 4.02. The zero-order valence-electron chi connectivity index (χ0n) is 5.09. The van der Waals surface area contributed by atoms with Crippen LogP contribution in [-0.4, -0.2) is 5.37 Å². The Kier molecular flexibility index (Phi) is 2.40. The van der Waals surface area contributed by atoms with Gasteiger partial charge in [0.05, 0.1) is 0 Å². The molecule has 0 aliphatic heterocycles. The van der Waals surface area contributed by atoms with Gasteiger partial charge in [-0.15, -0.1) is 12.6 Å². The first-order valence-electron chi connectivity index (χ1n) is 2.98. The SMILES string of the molecule is NNC(S)C#CC1CC1. The van der Waals surface area contributed by atoms with E-state index in [-0.39, 0.29) is 5.37 Å². The van der Waals surface area contributed by atoms with Crippen LogP contribution in [0.25, 0.3) is 0 Å². The standard InChI is InChI=1S/C6H10N2S/c7-8-6(9)4-3-5-1-2-5/h5-6,8-9H,1-2,7H2. The van der Waals surface area contributed by atoms with E-state index in [0.29, 0.717) is 5.92 Å². The van der Waals surface area contributed by atoms with E-state index in [0.717, 1.165) is 0 Å². The maximum Gasteiger partial charge on any atom is 0.125 e. The van der Waals surface area contributed by atoms with Gasteiger partial charge in [-0.25, -0.2) is 5.43 Å². The molecule has 0 aromatic carbocycles. The fourth-order valence-corrected chi connectivity index (χ4v) is 0.541. The summed E-state index contributed by atoms with van der Waals surface area (Å²) in [5.41, 5.74) is 2.44. The number of hydrogen-bond acceptors (Lipinski definition) is 3. The zero-order chi connectivity index (χ0) is 6.69. The van der Waals surface area contributed by atoms with Crippen LogP contribution in [0, 0.1) is 17.8 Å². The highest BCUT2D eigenvalue weighted by Crippen LogP contribution is 2.27. The predicted molar refractivity (Wildman–Crippen MR) is 40.6 cm³/mol. The van der Waals surface area contributed by atoms with Crippen LogP contribution >= 0.6 is 12.6 Å². The Morgan fingerprint density at radius 1 is 1.67 bits per heavy atom. The molecule has 0 heterocycles. The van der Waals surface area contributed by atoms with Crippen molar-refractivity contribution in [2.24, 2.45) is 11.8 Å². The van der Waals surface area contributed by atoms with Crippen LogP contribution in [0.15, 0.2) is 0 Å². The number of thiol groups is 1. The van der Waals surface area contributed by atoms with Crippen molar-refractivity contribution < 1.29 is 0 Å². The summed E-state index contributed by atoms with van der Waals surface area (Å²) in [6.07, 6.45) is 2.50. The van der Waals surface area contributed by atoms with Crippen molar-refractivity contribution in [3.63, 3.8) is 0 Å². The summed E-state index contributed by atoms with van der Waals surface area (Å²) in [6.45, 7) is 0. The van der Waals surface area contributed by atoms with Gasteiger partial charge in [-0.1, -0.05) is 11.8 Å². The lowest BCUT2D eigenvalue weighted by atomic mass is 10.4. The molecule has 1 aliphatic rings. The number of rotatable bonds is 1. The van der Waals surface area contributed by atoms with Crippen LogP contribution < -0.4 is 11.3 Å². The van der Waals surface area contributed by atoms with Crippen LogP contribution in [0.4, 0.5) is 0 Å². The molecule has 0 aromatic heterocycles. The molecule has 0 radical (unpaired) electrons. The molecule has 1 unspecified atom stereocenters. The predicted octanol–water partition coefficient (Wildman–Crippen LogP) is 0.119. The average molecular weight is 142 g/mol. The second-order valence-electron chi connectivity index (χ2n) is 2.13. The molecule has 1 fully saturated rings. The van der Waals surface area contributed by atoms with Crippen molar-refractivity contribution in [1.82, 2.24) is 5.43 Å². The van der Waals surface area contributed by atoms with E-state index < -0.39 is 0 Å². The lowest BCUT2D eigenvalue weighted by Gasteiger charge is -1.95. The van der Waals surface area contributed by atoms with E-state index in [4.69, 9.17) is 5.84 Å². The highest BCUT2D eigenvalue weighted by molar-refractivity contribution is 7.81. The van der Waals surface area contributed by atoms with E-state index in [1.165, 1.54) is 12.8 Å². The van der Waals surface area contributed by atoms with Crippen LogP contribution in [0.5, 0.6) is 0 Å². The second kappa shape index (κ2) is 3.11. The molecule has 0 spiro atoms. The first kappa shape index (κ1) is 6.94. The lowest BCUT2D eigenvalue weighted by molar-refractivity contribution is 0.798. The molecule has 1 saturated carbocycles. The highest BCUT2D eigenvalue weighted by Gasteiger charge is 2.17. The van der Waals surface area contributed by atoms with Gasteiger partial charge in [0.2, 0.25) is 0 Å². The molecular weight excluding hydrogens is 132 g/mol. The molecule has 50 valence electrons. The normalized spacial score (nSPS) is 20.2. The molecular formula is C6H10N2S. The quantitative estimate of drug-likeness (QED) is 0.160. The van der Waals surface area contributed by atoms with E-state index in [1.807, 2.05) is 0 Å². The summed E-state index contributed by atoms with van der Waals surface area (Å²) in [6, 6.07) is 0. The lowest BCUT2D eigenvalue weighted by Crippen LogP contribution is -2.29. The van der Waals surface area contributed by atoms with Gasteiger partial charge in [0.15, 0.2) is 0 Å². The van der Waals surface area contributed by atoms with Gasteiger partial charge < -0.3 is 0 Å². The Morgan fingerprint density at radius 3 is 2.78 bits per heavy atom. The fraction of sp³-hybridized carbons (Fsp3) is 0.667. The summed E-state index contributed by atoms with van der Waals surface area (Å²) < 4.78 is 0. The number of hydrazine groups is 1. The summed E-state index contributed by atoms with van der Waals surface area (Å²) in [7, 11) is 0. The fourth-order valence-electron chi connectivity index (χ4n) is 0.466. The third kappa shape index (κ3) is 2.75. The molecule has 1 rings (SSSR count). The first-order valence-corrected chi connectivity index (χ1v) is 3.50. The summed E-state index contributed by atoms with van der Waals surface area (Å²) in [5.74, 6) is 11.6. The molecule has 2 nitrogen and oxygen atoms in total. The molecule has 0 saturated heterocycles. The molecule has 0 aromatic rings. The maximum absolute atomic E-state index is 5.05. The summed E-state index contributed by atoms with van der Waals surface area (Å²) in [5, 5.41) is -0.161. The highest BCUT2D eigenvalue weighted by atomic mass is 32.1. The zero-order valence-corrected chi connectivity index (χ0v) is 5.99. The molecule has 9 heavy (non-hydrogen) atoms. The van der Waals surface area contributed by atoms with Crippen LogP contribution in [0.1, 0.15) is 12.8 Å². The van der Waals surface area contributed by atoms with E-state index >= 15 is 0 Å². The Labute approximate surface area is 60.6 Å². The van der Waals surface area contributed by atoms with E-state index in [2.05, 4.69) is 29.9 Å². The van der Waals surface area contributed by atoms with Gasteiger partial charge in [0.1, 0.15) is 5.37 Å². The van der Waals surface area contributed by atoms with Gasteiger partial charge in [-0.05, 0) is 12.8 Å². The first-order chi connectivity index (χ1) is 4.33. The summed E-state index contributed by atoms with van der Waals surface area (Å²) in [4.78, 5) is 0. The van der Waals surface area contributed by atoms with Gasteiger partial charge in [-0.2, -0.15) is 0 Å². The van der Waals surface area contributed by atoms with Crippen molar-refractivity contribution in [2.75, 3.05) is 0 Å². The monoisotopic (exact) mass is 142 g/mol. The van der Waals surface area contributed by atoms with Gasteiger partial charge in [0, 0.05) is 5.92 Å². The van der Waals surface area contributed by atoms with Crippen molar-refractivity contribution in [3.8, 4) is 11.8 Å². The molecule has 0 bridgehead atoms. The third-order valence-electron chi connectivity index (χ3n) is 1.16. The minimum Gasteiger partial charge on any atom is -0.270 e. The Morgan fingerprint density at radius 2 is 2.33 bits per heavy atom. The Bertz CT molecular complexity index is 143. The maximum atomic E-state index is 5.05. The average Bonchev–Trinajstić information content (AvgIpc) is 2.65. The van der Waals surface area contributed by atoms with E-state index in [9.17, 15) is 0 Å². The van der Waals surface area contributed by atoms with Crippen LogP contribution in [0.3, 0.4) is 0 Å². The van der Waals surface area contributed by atoms with Crippen molar-refractivity contribution in [1.29, 1.82) is 0 Å². The van der Waals surface area contributed by atoms with Crippen LogP contribution in [-0.2, 0) is 0 Å². The number of nitrogens with two attached hydrogens (primary N) is 1. The molecule has 0 amide bonds. The van der Waals surface area contributed by atoms with Gasteiger partial charge >= 0.3 is 0 Å². The van der Waals surface area contributed by atoms with E-state index in [1.54, 1.807) is 0 Å². The molecule has 3 N–H and O–H groups in total. The number of nitrogens with one attached hydrogen (secondary N) is 1. The van der Waals surface area contributed by atoms with Gasteiger partial charge in [0.25, 0.3) is 0 Å². The number of hydrogen-bond donors (Lipinski definition) is 3. The molecule has 1 aliphatic carbocycles. The minimum absolute atomic E-state index is 0.161. The topological polar surface area (TPSA) is 38.0 Å². The smallest absolute Gasteiger partial charge is 0.125 e. The van der Waals surface area contributed by atoms with Crippen molar-refractivity contribution in [2.45, 2.75) is 18.2 Å². The Balaban J connectivity index is 2.21. The second-order valence-corrected chi connectivity index (χ2v) is 2.65. The Hall–Kier alpha value is -0.170. The molecule has 3 heteroatoms. The van der Waals surface area contributed by atoms with Crippen molar-refractivity contribution >= 4 is 12.6 Å². The minimum atomic E-state index is -0.161.